The van der Waals surface area contributed by atoms with E-state index in [1.54, 1.807) is 4.68 Å². The lowest BCUT2D eigenvalue weighted by atomic mass is 9.92. The molecule has 1 aliphatic rings. The Balaban J connectivity index is 1.56. The van der Waals surface area contributed by atoms with E-state index in [-0.39, 0.29) is 17.3 Å². The minimum Gasteiger partial charge on any atom is -0.298 e. The van der Waals surface area contributed by atoms with Crippen molar-refractivity contribution in [3.8, 4) is 5.69 Å². The van der Waals surface area contributed by atoms with Gasteiger partial charge in [-0.25, -0.2) is 4.68 Å². The minimum atomic E-state index is 0.0152. The van der Waals surface area contributed by atoms with E-state index >= 15 is 0 Å². The lowest BCUT2D eigenvalue weighted by Crippen LogP contribution is -2.39. The maximum Gasteiger partial charge on any atom is 0.276 e. The predicted molar refractivity (Wildman–Crippen MR) is 117 cm³/mol. The zero-order valence-corrected chi connectivity index (χ0v) is 18.0. The first-order chi connectivity index (χ1) is 14.0. The number of hydrogen-bond donors (Lipinski definition) is 0. The molecule has 1 aromatic carbocycles. The minimum absolute atomic E-state index is 0.0152. The highest BCUT2D eigenvalue weighted by atomic mass is 32.1. The van der Waals surface area contributed by atoms with Crippen LogP contribution in [0.3, 0.4) is 0 Å². The Morgan fingerprint density at radius 1 is 1.17 bits per heavy atom. The Bertz CT molecular complexity index is 1080. The molecule has 3 aromatic rings. The van der Waals surface area contributed by atoms with Crippen LogP contribution in [0.2, 0.25) is 0 Å². The van der Waals surface area contributed by atoms with Crippen LogP contribution < -0.4 is 5.56 Å². The summed E-state index contributed by atoms with van der Waals surface area (Å²) in [6.45, 7) is 6.23. The summed E-state index contributed by atoms with van der Waals surface area (Å²) in [6, 6.07) is 11.7. The van der Waals surface area contributed by atoms with E-state index in [1.807, 2.05) is 67.4 Å². The first-order valence-electron chi connectivity index (χ1n) is 10.1. The highest BCUT2D eigenvalue weighted by Gasteiger charge is 2.29. The molecule has 6 heteroatoms. The Morgan fingerprint density at radius 2 is 1.93 bits per heavy atom. The van der Waals surface area contributed by atoms with Crippen molar-refractivity contribution < 1.29 is 4.79 Å². The summed E-state index contributed by atoms with van der Waals surface area (Å²) in [5, 5.41) is 1.99. The number of carbonyl (C=O) groups excluding carboxylic acids is 1. The first kappa shape index (κ1) is 19.9. The van der Waals surface area contributed by atoms with Gasteiger partial charge in [0.15, 0.2) is 5.78 Å². The molecule has 1 fully saturated rings. The Kier molecular flexibility index (Phi) is 5.56. The van der Waals surface area contributed by atoms with Gasteiger partial charge in [0.1, 0.15) is 0 Å². The van der Waals surface area contributed by atoms with Gasteiger partial charge in [0, 0.05) is 31.7 Å². The van der Waals surface area contributed by atoms with E-state index in [9.17, 15) is 9.59 Å². The van der Waals surface area contributed by atoms with Gasteiger partial charge in [0.2, 0.25) is 0 Å². The van der Waals surface area contributed by atoms with Crippen LogP contribution in [0.15, 0.2) is 46.6 Å². The Labute approximate surface area is 175 Å². The lowest BCUT2D eigenvalue weighted by molar-refractivity contribution is 0.0815. The van der Waals surface area contributed by atoms with Crippen LogP contribution in [-0.2, 0) is 13.6 Å². The fourth-order valence-corrected chi connectivity index (χ4v) is 5.20. The van der Waals surface area contributed by atoms with Gasteiger partial charge >= 0.3 is 0 Å². The van der Waals surface area contributed by atoms with Crippen LogP contribution in [-0.4, -0.2) is 33.1 Å². The van der Waals surface area contributed by atoms with Gasteiger partial charge in [-0.2, -0.15) is 0 Å². The summed E-state index contributed by atoms with van der Waals surface area (Å²) in [7, 11) is 1.93. The van der Waals surface area contributed by atoms with Crippen molar-refractivity contribution in [3.63, 3.8) is 0 Å². The Morgan fingerprint density at radius 3 is 2.62 bits per heavy atom. The van der Waals surface area contributed by atoms with E-state index in [2.05, 4.69) is 4.90 Å². The van der Waals surface area contributed by atoms with Crippen LogP contribution >= 0.6 is 11.3 Å². The van der Waals surface area contributed by atoms with Crippen LogP contribution in [0.25, 0.3) is 5.69 Å². The summed E-state index contributed by atoms with van der Waals surface area (Å²) < 4.78 is 3.65. The smallest absolute Gasteiger partial charge is 0.276 e. The maximum absolute atomic E-state index is 13.2. The number of aromatic nitrogens is 2. The maximum atomic E-state index is 13.2. The second kappa shape index (κ2) is 8.13. The number of Topliss-reactive ketones (excluding diaryl/α,β-unsaturated/α-hetero) is 1. The normalized spacial score (nSPS) is 17.6. The molecule has 1 atom stereocenters. The third-order valence-corrected chi connectivity index (χ3v) is 7.05. The molecule has 0 N–H and O–H groups in total. The third-order valence-electron chi connectivity index (χ3n) is 6.02. The number of thiophene rings is 1. The van der Waals surface area contributed by atoms with Crippen molar-refractivity contribution in [1.29, 1.82) is 0 Å². The molecule has 0 amide bonds. The molecule has 1 saturated heterocycles. The quantitative estimate of drug-likeness (QED) is 0.600. The fourth-order valence-electron chi connectivity index (χ4n) is 4.25. The van der Waals surface area contributed by atoms with Crippen molar-refractivity contribution in [2.75, 3.05) is 13.1 Å². The number of para-hydroxylation sites is 1. The highest BCUT2D eigenvalue weighted by molar-refractivity contribution is 7.12. The van der Waals surface area contributed by atoms with E-state index in [0.717, 1.165) is 53.3 Å². The van der Waals surface area contributed by atoms with Gasteiger partial charge in [-0.3, -0.25) is 19.2 Å². The first-order valence-corrected chi connectivity index (χ1v) is 11.0. The van der Waals surface area contributed by atoms with Crippen molar-refractivity contribution in [2.45, 2.75) is 33.2 Å². The number of benzene rings is 1. The molecular weight excluding hydrogens is 382 g/mol. The van der Waals surface area contributed by atoms with Crippen LogP contribution in [0.5, 0.6) is 0 Å². The summed E-state index contributed by atoms with van der Waals surface area (Å²) in [6.07, 6.45) is 1.91. The molecular formula is C23H27N3O2S. The molecule has 1 unspecified atom stereocenters. The largest absolute Gasteiger partial charge is 0.298 e. The molecule has 152 valence electrons. The molecule has 4 rings (SSSR count). The number of rotatable bonds is 5. The number of likely N-dealkylation sites (tertiary alicyclic amines) is 1. The average Bonchev–Trinajstić information content (AvgIpc) is 3.25. The number of nitrogens with zero attached hydrogens (tertiary/aromatic N) is 3. The standard InChI is InChI=1S/C23H27N3O2S/c1-16-11-13-29-22(16)21(27)18-8-7-12-25(14-18)15-20-17(2)24(3)26(23(20)28)19-9-5-4-6-10-19/h4-6,9-11,13,18H,7-8,12,14-15H2,1-3H3. The van der Waals surface area contributed by atoms with Gasteiger partial charge in [-0.15, -0.1) is 11.3 Å². The van der Waals surface area contributed by atoms with E-state index in [1.165, 1.54) is 11.3 Å². The number of carbonyl (C=O) groups is 1. The lowest BCUT2D eigenvalue weighted by Gasteiger charge is -2.31. The zero-order valence-electron chi connectivity index (χ0n) is 17.2. The van der Waals surface area contributed by atoms with E-state index in [0.29, 0.717) is 6.54 Å². The number of hydrogen-bond acceptors (Lipinski definition) is 4. The van der Waals surface area contributed by atoms with E-state index in [4.69, 9.17) is 0 Å². The summed E-state index contributed by atoms with van der Waals surface area (Å²) >= 11 is 1.54. The summed E-state index contributed by atoms with van der Waals surface area (Å²) in [5.41, 5.74) is 3.76. The molecule has 0 radical (unpaired) electrons. The molecule has 0 spiro atoms. The van der Waals surface area contributed by atoms with E-state index < -0.39 is 0 Å². The zero-order chi connectivity index (χ0) is 20.5. The molecule has 0 aliphatic carbocycles. The van der Waals surface area contributed by atoms with Gasteiger partial charge in [0.25, 0.3) is 5.56 Å². The monoisotopic (exact) mass is 409 g/mol. The number of piperidine rings is 1. The number of ketones is 1. The molecule has 0 bridgehead atoms. The topological polar surface area (TPSA) is 47.2 Å². The van der Waals surface area contributed by atoms with Crippen LogP contribution in [0, 0.1) is 19.8 Å². The SMILES string of the molecule is Cc1ccsc1C(=O)C1CCCN(Cc2c(C)n(C)n(-c3ccccc3)c2=O)C1. The number of aryl methyl sites for hydroxylation is 1. The molecule has 1 aliphatic heterocycles. The molecule has 29 heavy (non-hydrogen) atoms. The molecule has 3 heterocycles. The molecule has 5 nitrogen and oxygen atoms in total. The van der Waals surface area contributed by atoms with Crippen LogP contribution in [0.4, 0.5) is 0 Å². The predicted octanol–water partition coefficient (Wildman–Crippen LogP) is 3.95. The molecule has 0 saturated carbocycles. The van der Waals surface area contributed by atoms with Crippen molar-refractivity contribution in [1.82, 2.24) is 14.3 Å². The fraction of sp³-hybridized carbons (Fsp3) is 0.391. The second-order valence-electron chi connectivity index (χ2n) is 7.91. The van der Waals surface area contributed by atoms with Gasteiger partial charge in [0.05, 0.1) is 16.1 Å². The summed E-state index contributed by atoms with van der Waals surface area (Å²) in [5.74, 6) is 0.273. The summed E-state index contributed by atoms with van der Waals surface area (Å²) in [4.78, 5) is 29.3. The average molecular weight is 410 g/mol. The van der Waals surface area contributed by atoms with Gasteiger partial charge in [-0.1, -0.05) is 18.2 Å². The van der Waals surface area contributed by atoms with Crippen LogP contribution in [0.1, 0.15) is 39.3 Å². The highest BCUT2D eigenvalue weighted by Crippen LogP contribution is 2.26. The van der Waals surface area contributed by atoms with Crippen molar-refractivity contribution >= 4 is 17.1 Å². The third kappa shape index (κ3) is 3.74. The Hall–Kier alpha value is -2.44. The van der Waals surface area contributed by atoms with Gasteiger partial charge in [-0.05, 0) is 62.4 Å². The molecule has 2 aromatic heterocycles. The second-order valence-corrected chi connectivity index (χ2v) is 8.83. The van der Waals surface area contributed by atoms with Gasteiger partial charge < -0.3 is 0 Å². The van der Waals surface area contributed by atoms with Crippen molar-refractivity contribution in [2.24, 2.45) is 13.0 Å². The van der Waals surface area contributed by atoms with Crippen molar-refractivity contribution in [3.05, 3.63) is 73.8 Å².